The van der Waals surface area contributed by atoms with E-state index in [0.717, 1.165) is 16.8 Å². The Morgan fingerprint density at radius 1 is 1.00 bits per heavy atom. The second-order valence-corrected chi connectivity index (χ2v) is 5.26. The van der Waals surface area contributed by atoms with Crippen LogP contribution < -0.4 is 5.32 Å². The molecule has 0 aliphatic rings. The summed E-state index contributed by atoms with van der Waals surface area (Å²) < 4.78 is 1.74. The fraction of sp³-hybridized carbons (Fsp3) is 0.100. The molecule has 4 heteroatoms. The van der Waals surface area contributed by atoms with Crippen LogP contribution in [0.4, 0.5) is 5.69 Å². The molecule has 0 spiro atoms. The van der Waals surface area contributed by atoms with Crippen molar-refractivity contribution in [2.24, 2.45) is 0 Å². The Hall–Kier alpha value is -3.32. The van der Waals surface area contributed by atoms with Crippen LogP contribution in [0.15, 0.2) is 73.1 Å². The van der Waals surface area contributed by atoms with Crippen LogP contribution in [0.3, 0.4) is 0 Å². The summed E-state index contributed by atoms with van der Waals surface area (Å²) in [7, 11) is 0. The van der Waals surface area contributed by atoms with E-state index in [2.05, 4.69) is 22.3 Å². The fourth-order valence-electron chi connectivity index (χ4n) is 2.21. The SMILES string of the molecule is O=C(CCn1cccn1)Nc1cccc(C#Cc2ccccc2)c1. The van der Waals surface area contributed by atoms with E-state index in [1.54, 1.807) is 10.9 Å². The first-order valence-corrected chi connectivity index (χ1v) is 7.74. The summed E-state index contributed by atoms with van der Waals surface area (Å²) in [5.74, 6) is 6.18. The van der Waals surface area contributed by atoms with Gasteiger partial charge in [-0.1, -0.05) is 36.1 Å². The molecule has 0 aliphatic heterocycles. The van der Waals surface area contributed by atoms with Gasteiger partial charge >= 0.3 is 0 Å². The Labute approximate surface area is 141 Å². The van der Waals surface area contributed by atoms with Crippen LogP contribution in [0, 0.1) is 11.8 Å². The zero-order valence-electron chi connectivity index (χ0n) is 13.1. The lowest BCUT2D eigenvalue weighted by molar-refractivity contribution is -0.116. The molecule has 24 heavy (non-hydrogen) atoms. The van der Waals surface area contributed by atoms with Crippen LogP contribution in [0.25, 0.3) is 0 Å². The molecule has 0 aliphatic carbocycles. The van der Waals surface area contributed by atoms with Gasteiger partial charge in [-0.3, -0.25) is 9.48 Å². The number of amides is 1. The average Bonchev–Trinajstić information content (AvgIpc) is 3.13. The number of rotatable bonds is 4. The standard InChI is InChI=1S/C20H17N3O/c24-20(12-15-23-14-5-13-21-23)22-19-9-4-8-18(16-19)11-10-17-6-2-1-3-7-17/h1-9,13-14,16H,12,15H2,(H,22,24). The zero-order valence-corrected chi connectivity index (χ0v) is 13.1. The van der Waals surface area contributed by atoms with E-state index in [9.17, 15) is 4.79 Å². The molecule has 0 radical (unpaired) electrons. The molecule has 118 valence electrons. The third-order valence-corrected chi connectivity index (χ3v) is 3.40. The van der Waals surface area contributed by atoms with Gasteiger partial charge in [0.25, 0.3) is 0 Å². The molecule has 2 aromatic carbocycles. The topological polar surface area (TPSA) is 46.9 Å². The van der Waals surface area contributed by atoms with Gasteiger partial charge in [0, 0.05) is 42.2 Å². The molecule has 1 aromatic heterocycles. The first-order chi connectivity index (χ1) is 11.8. The van der Waals surface area contributed by atoms with Crippen LogP contribution in [-0.4, -0.2) is 15.7 Å². The van der Waals surface area contributed by atoms with Crippen molar-refractivity contribution in [3.8, 4) is 11.8 Å². The Bertz CT molecular complexity index is 859. The number of hydrogen-bond acceptors (Lipinski definition) is 2. The molecule has 3 aromatic rings. The van der Waals surface area contributed by atoms with E-state index >= 15 is 0 Å². The lowest BCUT2D eigenvalue weighted by Gasteiger charge is -2.06. The third kappa shape index (κ3) is 4.59. The highest BCUT2D eigenvalue weighted by molar-refractivity contribution is 5.90. The molecule has 1 amide bonds. The monoisotopic (exact) mass is 315 g/mol. The van der Waals surface area contributed by atoms with Gasteiger partial charge in [0.1, 0.15) is 0 Å². The summed E-state index contributed by atoms with van der Waals surface area (Å²) in [5, 5.41) is 6.98. The summed E-state index contributed by atoms with van der Waals surface area (Å²) >= 11 is 0. The van der Waals surface area contributed by atoms with Gasteiger partial charge < -0.3 is 5.32 Å². The van der Waals surface area contributed by atoms with Crippen LogP contribution in [0.2, 0.25) is 0 Å². The Morgan fingerprint density at radius 2 is 1.79 bits per heavy atom. The Kier molecular flexibility index (Phi) is 5.06. The molecule has 0 bridgehead atoms. The predicted molar refractivity (Wildman–Crippen MR) is 94.3 cm³/mol. The second-order valence-electron chi connectivity index (χ2n) is 5.26. The maximum absolute atomic E-state index is 12.0. The van der Waals surface area contributed by atoms with Gasteiger partial charge in [-0.15, -0.1) is 0 Å². The first kappa shape index (κ1) is 15.6. The van der Waals surface area contributed by atoms with Crippen molar-refractivity contribution < 1.29 is 4.79 Å². The van der Waals surface area contributed by atoms with Gasteiger partial charge in [0.2, 0.25) is 5.91 Å². The van der Waals surface area contributed by atoms with E-state index < -0.39 is 0 Å². The number of aryl methyl sites for hydroxylation is 1. The second kappa shape index (κ2) is 7.80. The van der Waals surface area contributed by atoms with Gasteiger partial charge in [-0.2, -0.15) is 5.10 Å². The van der Waals surface area contributed by atoms with Crippen molar-refractivity contribution in [1.82, 2.24) is 9.78 Å². The Morgan fingerprint density at radius 3 is 2.58 bits per heavy atom. The van der Waals surface area contributed by atoms with Gasteiger partial charge in [-0.05, 0) is 36.4 Å². The molecular formula is C20H17N3O. The number of aromatic nitrogens is 2. The number of benzene rings is 2. The molecule has 0 fully saturated rings. The van der Waals surface area contributed by atoms with E-state index in [4.69, 9.17) is 0 Å². The number of carbonyl (C=O) groups is 1. The molecule has 1 N–H and O–H groups in total. The van der Waals surface area contributed by atoms with Crippen molar-refractivity contribution >= 4 is 11.6 Å². The lowest BCUT2D eigenvalue weighted by Crippen LogP contribution is -2.14. The molecule has 3 rings (SSSR count). The van der Waals surface area contributed by atoms with Crippen molar-refractivity contribution in [2.45, 2.75) is 13.0 Å². The number of anilines is 1. The van der Waals surface area contributed by atoms with E-state index in [-0.39, 0.29) is 5.91 Å². The normalized spacial score (nSPS) is 9.83. The van der Waals surface area contributed by atoms with E-state index in [1.807, 2.05) is 66.9 Å². The van der Waals surface area contributed by atoms with Crippen molar-refractivity contribution in [3.05, 3.63) is 84.2 Å². The highest BCUT2D eigenvalue weighted by atomic mass is 16.1. The van der Waals surface area contributed by atoms with Gasteiger partial charge in [0.05, 0.1) is 0 Å². The summed E-state index contributed by atoms with van der Waals surface area (Å²) in [4.78, 5) is 12.0. The largest absolute Gasteiger partial charge is 0.326 e. The number of nitrogens with one attached hydrogen (secondary N) is 1. The summed E-state index contributed by atoms with van der Waals surface area (Å²) in [5.41, 5.74) is 2.58. The summed E-state index contributed by atoms with van der Waals surface area (Å²) in [6.07, 6.45) is 3.92. The lowest BCUT2D eigenvalue weighted by atomic mass is 10.1. The molecule has 0 saturated heterocycles. The minimum atomic E-state index is -0.0429. The minimum Gasteiger partial charge on any atom is -0.326 e. The van der Waals surface area contributed by atoms with Crippen molar-refractivity contribution in [1.29, 1.82) is 0 Å². The molecule has 0 atom stereocenters. The first-order valence-electron chi connectivity index (χ1n) is 7.74. The average molecular weight is 315 g/mol. The van der Waals surface area contributed by atoms with Gasteiger partial charge in [0.15, 0.2) is 0 Å². The predicted octanol–water partition coefficient (Wildman–Crippen LogP) is 3.31. The maximum atomic E-state index is 12.0. The smallest absolute Gasteiger partial charge is 0.226 e. The minimum absolute atomic E-state index is 0.0429. The zero-order chi connectivity index (χ0) is 16.6. The highest BCUT2D eigenvalue weighted by Gasteiger charge is 2.03. The van der Waals surface area contributed by atoms with Crippen LogP contribution in [-0.2, 0) is 11.3 Å². The number of nitrogens with zero attached hydrogens (tertiary/aromatic N) is 2. The number of carbonyl (C=O) groups excluding carboxylic acids is 1. The fourth-order valence-corrected chi connectivity index (χ4v) is 2.21. The summed E-state index contributed by atoms with van der Waals surface area (Å²) in [6.45, 7) is 0.562. The molecule has 0 unspecified atom stereocenters. The van der Waals surface area contributed by atoms with Gasteiger partial charge in [-0.25, -0.2) is 0 Å². The molecule has 0 saturated carbocycles. The molecular weight excluding hydrogens is 298 g/mol. The number of hydrogen-bond donors (Lipinski definition) is 1. The van der Waals surface area contributed by atoms with Crippen LogP contribution in [0.5, 0.6) is 0 Å². The van der Waals surface area contributed by atoms with E-state index in [0.29, 0.717) is 13.0 Å². The maximum Gasteiger partial charge on any atom is 0.226 e. The quantitative estimate of drug-likeness (QED) is 0.751. The van der Waals surface area contributed by atoms with Crippen LogP contribution in [0.1, 0.15) is 17.5 Å². The Balaban J connectivity index is 1.61. The van der Waals surface area contributed by atoms with Crippen molar-refractivity contribution in [2.75, 3.05) is 5.32 Å². The third-order valence-electron chi connectivity index (χ3n) is 3.40. The van der Waals surface area contributed by atoms with Crippen LogP contribution >= 0.6 is 0 Å². The highest BCUT2D eigenvalue weighted by Crippen LogP contribution is 2.10. The molecule has 1 heterocycles. The molecule has 4 nitrogen and oxygen atoms in total. The summed E-state index contributed by atoms with van der Waals surface area (Å²) in [6, 6.07) is 19.2. The van der Waals surface area contributed by atoms with E-state index in [1.165, 1.54) is 0 Å². The van der Waals surface area contributed by atoms with Crippen molar-refractivity contribution in [3.63, 3.8) is 0 Å².